The fourth-order valence-corrected chi connectivity index (χ4v) is 1.99. The molecule has 0 spiro atoms. The van der Waals surface area contributed by atoms with Gasteiger partial charge in [0.25, 0.3) is 0 Å². The van der Waals surface area contributed by atoms with Gasteiger partial charge in [0.05, 0.1) is 5.41 Å². The number of rotatable bonds is 0. The van der Waals surface area contributed by atoms with Gasteiger partial charge in [0.15, 0.2) is 0 Å². The average molecular weight is 168 g/mol. The van der Waals surface area contributed by atoms with Crippen molar-refractivity contribution < 1.29 is 0 Å². The molecule has 1 aliphatic rings. The van der Waals surface area contributed by atoms with Crippen molar-refractivity contribution in [1.82, 2.24) is 0 Å². The molecule has 1 unspecified atom stereocenters. The zero-order valence-electron chi connectivity index (χ0n) is 7.96. The van der Waals surface area contributed by atoms with Gasteiger partial charge in [-0.2, -0.15) is 0 Å². The topological polar surface area (TPSA) is 0 Å². The highest BCUT2D eigenvalue weighted by atomic mass is 14.3. The molecule has 0 saturated heterocycles. The Balaban J connectivity index is 2.71. The highest BCUT2D eigenvalue weighted by molar-refractivity contribution is 5.76. The second kappa shape index (κ2) is 2.50. The SMILES string of the molecule is C#CC1(C)C=C(C)c2ccccc21. The molecule has 0 heteroatoms. The maximum Gasteiger partial charge on any atom is 0.0723 e. The van der Waals surface area contributed by atoms with E-state index >= 15 is 0 Å². The minimum Gasteiger partial charge on any atom is -0.119 e. The zero-order valence-corrected chi connectivity index (χ0v) is 7.96. The molecule has 1 aromatic carbocycles. The quantitative estimate of drug-likeness (QED) is 0.522. The third kappa shape index (κ3) is 1.01. The lowest BCUT2D eigenvalue weighted by Gasteiger charge is -2.15. The largest absolute Gasteiger partial charge is 0.119 e. The number of fused-ring (bicyclic) bond motifs is 1. The third-order valence-corrected chi connectivity index (χ3v) is 2.72. The van der Waals surface area contributed by atoms with Gasteiger partial charge in [-0.25, -0.2) is 0 Å². The summed E-state index contributed by atoms with van der Waals surface area (Å²) in [5.74, 6) is 2.85. The van der Waals surface area contributed by atoms with Crippen LogP contribution in [0.1, 0.15) is 25.0 Å². The summed E-state index contributed by atoms with van der Waals surface area (Å²) in [6.07, 6.45) is 7.71. The first-order valence-corrected chi connectivity index (χ1v) is 4.44. The van der Waals surface area contributed by atoms with Crippen LogP contribution in [0.15, 0.2) is 30.3 Å². The van der Waals surface area contributed by atoms with Crippen LogP contribution in [-0.2, 0) is 5.41 Å². The maximum atomic E-state index is 5.55. The van der Waals surface area contributed by atoms with E-state index in [4.69, 9.17) is 6.42 Å². The Morgan fingerprint density at radius 3 is 2.69 bits per heavy atom. The lowest BCUT2D eigenvalue weighted by molar-refractivity contribution is 0.807. The standard InChI is InChI=1S/C13H12/c1-4-13(3)9-10(2)11-7-5-6-8-12(11)13/h1,5-9H,2-3H3. The number of allylic oxidation sites excluding steroid dienone is 2. The molecule has 0 heterocycles. The van der Waals surface area contributed by atoms with Crippen LogP contribution in [0.5, 0.6) is 0 Å². The molecule has 64 valence electrons. The van der Waals surface area contributed by atoms with Crippen molar-refractivity contribution >= 4 is 5.57 Å². The molecular formula is C13H12. The zero-order chi connectivity index (χ0) is 9.47. The first kappa shape index (κ1) is 8.13. The van der Waals surface area contributed by atoms with Gasteiger partial charge in [0.2, 0.25) is 0 Å². The summed E-state index contributed by atoms with van der Waals surface area (Å²) >= 11 is 0. The smallest absolute Gasteiger partial charge is 0.0723 e. The lowest BCUT2D eigenvalue weighted by Crippen LogP contribution is -2.13. The van der Waals surface area contributed by atoms with Crippen molar-refractivity contribution in [2.24, 2.45) is 0 Å². The number of hydrogen-bond donors (Lipinski definition) is 0. The Kier molecular flexibility index (Phi) is 1.57. The highest BCUT2D eigenvalue weighted by Crippen LogP contribution is 2.39. The molecule has 0 fully saturated rings. The van der Waals surface area contributed by atoms with E-state index in [1.54, 1.807) is 0 Å². The predicted octanol–water partition coefficient (Wildman–Crippen LogP) is 2.99. The van der Waals surface area contributed by atoms with E-state index in [0.717, 1.165) is 0 Å². The Morgan fingerprint density at radius 1 is 1.31 bits per heavy atom. The van der Waals surface area contributed by atoms with Gasteiger partial charge in [-0.05, 0) is 30.5 Å². The Labute approximate surface area is 79.3 Å². The van der Waals surface area contributed by atoms with E-state index in [2.05, 4.69) is 44.0 Å². The molecule has 0 amide bonds. The van der Waals surface area contributed by atoms with E-state index in [0.29, 0.717) is 0 Å². The van der Waals surface area contributed by atoms with Crippen LogP contribution < -0.4 is 0 Å². The third-order valence-electron chi connectivity index (χ3n) is 2.72. The summed E-state index contributed by atoms with van der Waals surface area (Å²) in [5.41, 5.74) is 3.65. The summed E-state index contributed by atoms with van der Waals surface area (Å²) in [6, 6.07) is 8.34. The summed E-state index contributed by atoms with van der Waals surface area (Å²) < 4.78 is 0. The summed E-state index contributed by atoms with van der Waals surface area (Å²) in [7, 11) is 0. The fourth-order valence-electron chi connectivity index (χ4n) is 1.99. The Hall–Kier alpha value is -1.48. The molecule has 1 aliphatic carbocycles. The van der Waals surface area contributed by atoms with Crippen molar-refractivity contribution in [1.29, 1.82) is 0 Å². The van der Waals surface area contributed by atoms with Gasteiger partial charge in [0, 0.05) is 0 Å². The van der Waals surface area contributed by atoms with Crippen molar-refractivity contribution in [3.05, 3.63) is 41.5 Å². The molecule has 1 aromatic rings. The van der Waals surface area contributed by atoms with Crippen LogP contribution in [0.25, 0.3) is 5.57 Å². The molecule has 0 bridgehead atoms. The van der Waals surface area contributed by atoms with E-state index in [9.17, 15) is 0 Å². The number of terminal acetylenes is 1. The van der Waals surface area contributed by atoms with Gasteiger partial charge >= 0.3 is 0 Å². The fraction of sp³-hybridized carbons (Fsp3) is 0.231. The molecular weight excluding hydrogens is 156 g/mol. The Bertz CT molecular complexity index is 418. The molecule has 0 N–H and O–H groups in total. The second-order valence-corrected chi connectivity index (χ2v) is 3.72. The van der Waals surface area contributed by atoms with Crippen LogP contribution in [0.4, 0.5) is 0 Å². The van der Waals surface area contributed by atoms with Gasteiger partial charge in [-0.15, -0.1) is 6.42 Å². The van der Waals surface area contributed by atoms with Crippen LogP contribution >= 0.6 is 0 Å². The highest BCUT2D eigenvalue weighted by Gasteiger charge is 2.29. The second-order valence-electron chi connectivity index (χ2n) is 3.72. The predicted molar refractivity (Wildman–Crippen MR) is 56.3 cm³/mol. The van der Waals surface area contributed by atoms with Gasteiger partial charge in [0.1, 0.15) is 0 Å². The van der Waals surface area contributed by atoms with Crippen molar-refractivity contribution in [3.8, 4) is 12.3 Å². The molecule has 0 aliphatic heterocycles. The van der Waals surface area contributed by atoms with Crippen LogP contribution in [-0.4, -0.2) is 0 Å². The van der Waals surface area contributed by atoms with E-state index in [1.807, 2.05) is 6.07 Å². The van der Waals surface area contributed by atoms with E-state index in [1.165, 1.54) is 16.7 Å². The summed E-state index contributed by atoms with van der Waals surface area (Å²) in [5, 5.41) is 0. The lowest BCUT2D eigenvalue weighted by atomic mass is 9.86. The molecule has 13 heavy (non-hydrogen) atoms. The molecule has 0 radical (unpaired) electrons. The number of benzene rings is 1. The van der Waals surface area contributed by atoms with Crippen molar-refractivity contribution in [2.45, 2.75) is 19.3 Å². The molecule has 0 nitrogen and oxygen atoms in total. The van der Waals surface area contributed by atoms with E-state index in [-0.39, 0.29) is 5.41 Å². The van der Waals surface area contributed by atoms with Crippen molar-refractivity contribution in [2.75, 3.05) is 0 Å². The van der Waals surface area contributed by atoms with Crippen molar-refractivity contribution in [3.63, 3.8) is 0 Å². The normalized spacial score (nSPS) is 24.8. The average Bonchev–Trinajstić information content (AvgIpc) is 2.42. The van der Waals surface area contributed by atoms with Gasteiger partial charge < -0.3 is 0 Å². The first-order chi connectivity index (χ1) is 6.17. The maximum absolute atomic E-state index is 5.55. The van der Waals surface area contributed by atoms with E-state index < -0.39 is 0 Å². The van der Waals surface area contributed by atoms with Crippen LogP contribution in [0.3, 0.4) is 0 Å². The van der Waals surface area contributed by atoms with Crippen LogP contribution in [0.2, 0.25) is 0 Å². The monoisotopic (exact) mass is 168 g/mol. The molecule has 1 atom stereocenters. The van der Waals surface area contributed by atoms with Gasteiger partial charge in [-0.1, -0.05) is 36.3 Å². The summed E-state index contributed by atoms with van der Waals surface area (Å²) in [4.78, 5) is 0. The van der Waals surface area contributed by atoms with Gasteiger partial charge in [-0.3, -0.25) is 0 Å². The first-order valence-electron chi connectivity index (χ1n) is 4.44. The summed E-state index contributed by atoms with van der Waals surface area (Å²) in [6.45, 7) is 4.20. The Morgan fingerprint density at radius 2 is 2.00 bits per heavy atom. The number of hydrogen-bond acceptors (Lipinski definition) is 0. The minimum atomic E-state index is -0.194. The minimum absolute atomic E-state index is 0.194. The molecule has 2 rings (SSSR count). The molecule has 0 saturated carbocycles. The van der Waals surface area contributed by atoms with Crippen LogP contribution in [0, 0.1) is 12.3 Å². The molecule has 0 aromatic heterocycles.